The Bertz CT molecular complexity index is 406. The number of rotatable bonds is 6. The van der Waals surface area contributed by atoms with Crippen LogP contribution in [0.2, 0.25) is 0 Å². The lowest BCUT2D eigenvalue weighted by Crippen LogP contribution is -2.16. The molecule has 0 aliphatic heterocycles. The van der Waals surface area contributed by atoms with Gasteiger partial charge in [0.15, 0.2) is 0 Å². The molecular formula is C12H16N2O2. The van der Waals surface area contributed by atoms with Gasteiger partial charge in [0.05, 0.1) is 19.4 Å². The van der Waals surface area contributed by atoms with Crippen molar-refractivity contribution in [3.05, 3.63) is 47.8 Å². The van der Waals surface area contributed by atoms with Crippen molar-refractivity contribution >= 4 is 0 Å². The molecule has 0 spiro atoms. The van der Waals surface area contributed by atoms with Crippen molar-refractivity contribution in [2.75, 3.05) is 6.54 Å². The Balaban J connectivity index is 1.68. The van der Waals surface area contributed by atoms with Gasteiger partial charge in [0.25, 0.3) is 0 Å². The first-order chi connectivity index (χ1) is 7.88. The molecule has 0 aliphatic rings. The van der Waals surface area contributed by atoms with Gasteiger partial charge in [-0.2, -0.15) is 0 Å². The van der Waals surface area contributed by atoms with E-state index >= 15 is 0 Å². The lowest BCUT2D eigenvalue weighted by molar-refractivity contribution is 0.443. The molecule has 0 saturated heterocycles. The number of nitrogens with one attached hydrogen (secondary N) is 1. The molecule has 2 heterocycles. The fraction of sp³-hybridized carbons (Fsp3) is 0.333. The second kappa shape index (κ2) is 5.53. The van der Waals surface area contributed by atoms with E-state index in [1.165, 1.54) is 0 Å². The van der Waals surface area contributed by atoms with Gasteiger partial charge < -0.3 is 19.9 Å². The van der Waals surface area contributed by atoms with E-state index in [0.717, 1.165) is 36.8 Å². The monoisotopic (exact) mass is 220 g/mol. The smallest absolute Gasteiger partial charge is 0.118 e. The summed E-state index contributed by atoms with van der Waals surface area (Å²) in [5.41, 5.74) is 5.46. The number of hydrogen-bond acceptors (Lipinski definition) is 4. The van der Waals surface area contributed by atoms with Crippen molar-refractivity contribution in [3.63, 3.8) is 0 Å². The van der Waals surface area contributed by atoms with Crippen LogP contribution >= 0.6 is 0 Å². The van der Waals surface area contributed by atoms with Crippen molar-refractivity contribution in [3.8, 4) is 0 Å². The van der Waals surface area contributed by atoms with Crippen LogP contribution in [0.4, 0.5) is 0 Å². The van der Waals surface area contributed by atoms with E-state index in [0.29, 0.717) is 6.54 Å². The van der Waals surface area contributed by atoms with Gasteiger partial charge in [-0.3, -0.25) is 0 Å². The van der Waals surface area contributed by atoms with E-state index < -0.39 is 0 Å². The molecule has 0 aromatic carbocycles. The van der Waals surface area contributed by atoms with Crippen molar-refractivity contribution in [1.82, 2.24) is 5.32 Å². The summed E-state index contributed by atoms with van der Waals surface area (Å²) in [4.78, 5) is 0. The third-order valence-electron chi connectivity index (χ3n) is 2.35. The minimum atomic E-state index is 0.451. The molecule has 2 aromatic heterocycles. The van der Waals surface area contributed by atoms with E-state index in [1.807, 2.05) is 24.3 Å². The molecule has 2 rings (SSSR count). The summed E-state index contributed by atoms with van der Waals surface area (Å²) in [5.74, 6) is 2.73. The largest absolute Gasteiger partial charge is 0.469 e. The normalized spacial score (nSPS) is 10.8. The summed E-state index contributed by atoms with van der Waals surface area (Å²) < 4.78 is 10.7. The Hall–Kier alpha value is -1.52. The molecule has 0 saturated carbocycles. The second-order valence-electron chi connectivity index (χ2n) is 3.58. The zero-order chi connectivity index (χ0) is 11.2. The van der Waals surface area contributed by atoms with Crippen molar-refractivity contribution in [2.24, 2.45) is 5.73 Å². The Kier molecular flexibility index (Phi) is 3.80. The molecule has 16 heavy (non-hydrogen) atoms. The molecule has 4 heteroatoms. The summed E-state index contributed by atoms with van der Waals surface area (Å²) in [5, 5.41) is 3.28. The quantitative estimate of drug-likeness (QED) is 0.727. The Labute approximate surface area is 94.4 Å². The summed E-state index contributed by atoms with van der Waals surface area (Å²) >= 11 is 0. The summed E-state index contributed by atoms with van der Waals surface area (Å²) in [6.45, 7) is 2.04. The van der Waals surface area contributed by atoms with Crippen LogP contribution in [0.25, 0.3) is 0 Å². The summed E-state index contributed by atoms with van der Waals surface area (Å²) in [7, 11) is 0. The molecule has 0 unspecified atom stereocenters. The van der Waals surface area contributed by atoms with Gasteiger partial charge in [0.1, 0.15) is 17.3 Å². The fourth-order valence-electron chi connectivity index (χ4n) is 1.51. The standard InChI is InChI=1S/C12H16N2O2/c13-8-11-3-4-12(16-11)9-14-6-5-10-2-1-7-15-10/h1-4,7,14H,5-6,8-9,13H2. The second-order valence-corrected chi connectivity index (χ2v) is 3.58. The number of furan rings is 2. The highest BCUT2D eigenvalue weighted by Gasteiger charge is 2.00. The van der Waals surface area contributed by atoms with Gasteiger partial charge in [0, 0.05) is 13.0 Å². The number of nitrogens with two attached hydrogens (primary N) is 1. The van der Waals surface area contributed by atoms with Gasteiger partial charge in [0.2, 0.25) is 0 Å². The highest BCUT2D eigenvalue weighted by Crippen LogP contribution is 2.06. The zero-order valence-corrected chi connectivity index (χ0v) is 9.11. The summed E-state index contributed by atoms with van der Waals surface area (Å²) in [6.07, 6.45) is 2.58. The highest BCUT2D eigenvalue weighted by atomic mass is 16.3. The van der Waals surface area contributed by atoms with Crippen LogP contribution in [-0.4, -0.2) is 6.54 Å². The van der Waals surface area contributed by atoms with E-state index in [2.05, 4.69) is 5.32 Å². The Morgan fingerprint density at radius 1 is 1.12 bits per heavy atom. The maximum Gasteiger partial charge on any atom is 0.118 e. The average Bonchev–Trinajstić information content (AvgIpc) is 2.95. The van der Waals surface area contributed by atoms with Crippen LogP contribution in [0, 0.1) is 0 Å². The minimum absolute atomic E-state index is 0.451. The first kappa shape index (κ1) is 11.0. The van der Waals surface area contributed by atoms with Gasteiger partial charge in [-0.1, -0.05) is 0 Å². The number of hydrogen-bond donors (Lipinski definition) is 2. The van der Waals surface area contributed by atoms with E-state index in [-0.39, 0.29) is 0 Å². The van der Waals surface area contributed by atoms with E-state index in [1.54, 1.807) is 6.26 Å². The fourth-order valence-corrected chi connectivity index (χ4v) is 1.51. The maximum absolute atomic E-state index is 5.46. The molecule has 0 amide bonds. The third-order valence-corrected chi connectivity index (χ3v) is 2.35. The first-order valence-corrected chi connectivity index (χ1v) is 5.39. The zero-order valence-electron chi connectivity index (χ0n) is 9.11. The molecule has 4 nitrogen and oxygen atoms in total. The third kappa shape index (κ3) is 2.98. The van der Waals surface area contributed by atoms with E-state index in [9.17, 15) is 0 Å². The first-order valence-electron chi connectivity index (χ1n) is 5.39. The molecule has 2 aromatic rings. The SMILES string of the molecule is NCc1ccc(CNCCc2ccco2)o1. The van der Waals surface area contributed by atoms with Gasteiger partial charge >= 0.3 is 0 Å². The lowest BCUT2D eigenvalue weighted by Gasteiger charge is -2.00. The highest BCUT2D eigenvalue weighted by molar-refractivity contribution is 5.06. The van der Waals surface area contributed by atoms with Crippen LogP contribution < -0.4 is 11.1 Å². The van der Waals surface area contributed by atoms with Gasteiger partial charge in [-0.25, -0.2) is 0 Å². The molecule has 0 aliphatic carbocycles. The van der Waals surface area contributed by atoms with Crippen molar-refractivity contribution in [2.45, 2.75) is 19.5 Å². The minimum Gasteiger partial charge on any atom is -0.469 e. The van der Waals surface area contributed by atoms with Crippen LogP contribution in [-0.2, 0) is 19.5 Å². The van der Waals surface area contributed by atoms with Crippen LogP contribution in [0.5, 0.6) is 0 Å². The lowest BCUT2D eigenvalue weighted by atomic mass is 10.3. The predicted octanol–water partition coefficient (Wildman–Crippen LogP) is 1.66. The van der Waals surface area contributed by atoms with Crippen LogP contribution in [0.3, 0.4) is 0 Å². The van der Waals surface area contributed by atoms with Gasteiger partial charge in [-0.15, -0.1) is 0 Å². The van der Waals surface area contributed by atoms with Crippen LogP contribution in [0.15, 0.2) is 39.4 Å². The average molecular weight is 220 g/mol. The van der Waals surface area contributed by atoms with Gasteiger partial charge in [-0.05, 0) is 24.3 Å². The predicted molar refractivity (Wildman–Crippen MR) is 60.7 cm³/mol. The topological polar surface area (TPSA) is 64.3 Å². The molecule has 86 valence electrons. The molecule has 0 radical (unpaired) electrons. The molecule has 0 bridgehead atoms. The Morgan fingerprint density at radius 3 is 2.69 bits per heavy atom. The van der Waals surface area contributed by atoms with Crippen molar-refractivity contribution in [1.29, 1.82) is 0 Å². The molecule has 3 N–H and O–H groups in total. The van der Waals surface area contributed by atoms with Crippen molar-refractivity contribution < 1.29 is 8.83 Å². The molecule has 0 atom stereocenters. The Morgan fingerprint density at radius 2 is 2.00 bits per heavy atom. The maximum atomic E-state index is 5.46. The van der Waals surface area contributed by atoms with Crippen LogP contribution in [0.1, 0.15) is 17.3 Å². The molecule has 0 fully saturated rings. The molecular weight excluding hydrogens is 204 g/mol. The summed E-state index contributed by atoms with van der Waals surface area (Å²) in [6, 6.07) is 7.72. The van der Waals surface area contributed by atoms with E-state index in [4.69, 9.17) is 14.6 Å².